The van der Waals surface area contributed by atoms with Gasteiger partial charge in [0.1, 0.15) is 5.75 Å². The van der Waals surface area contributed by atoms with Crippen molar-refractivity contribution in [2.24, 2.45) is 0 Å². The molecule has 6 nitrogen and oxygen atoms in total. The molecule has 0 bridgehead atoms. The smallest absolute Gasteiger partial charge is 0.387 e. The van der Waals surface area contributed by atoms with Crippen LogP contribution in [-0.4, -0.2) is 44.7 Å². The molecule has 0 atom stereocenters. The molecule has 0 radical (unpaired) electrons. The van der Waals surface area contributed by atoms with E-state index in [1.165, 1.54) is 12.1 Å². The third-order valence-corrected chi connectivity index (χ3v) is 4.31. The third kappa shape index (κ3) is 7.23. The molecule has 0 saturated heterocycles. The largest absolute Gasteiger partial charge is 0.493 e. The Labute approximate surface area is 169 Å². The van der Waals surface area contributed by atoms with Gasteiger partial charge in [-0.05, 0) is 41.9 Å². The van der Waals surface area contributed by atoms with Gasteiger partial charge in [0.2, 0.25) is 5.91 Å². The van der Waals surface area contributed by atoms with Crippen molar-refractivity contribution in [3.05, 3.63) is 53.6 Å². The molecular formula is C21H26F2N2O4. The molecule has 29 heavy (non-hydrogen) atoms. The lowest BCUT2D eigenvalue weighted by Crippen LogP contribution is -2.36. The Kier molecular flexibility index (Phi) is 8.67. The van der Waals surface area contributed by atoms with Crippen LogP contribution in [0.1, 0.15) is 18.1 Å². The number of hydrogen-bond donors (Lipinski definition) is 1. The highest BCUT2D eigenvalue weighted by molar-refractivity contribution is 5.78. The summed E-state index contributed by atoms with van der Waals surface area (Å²) in [6, 6.07) is 11.8. The van der Waals surface area contributed by atoms with Crippen LogP contribution in [0.4, 0.5) is 8.78 Å². The van der Waals surface area contributed by atoms with E-state index in [0.29, 0.717) is 31.1 Å². The molecule has 0 unspecified atom stereocenters. The average Bonchev–Trinajstić information content (AvgIpc) is 2.72. The summed E-state index contributed by atoms with van der Waals surface area (Å²) in [5.74, 6) is 1.26. The first-order valence-electron chi connectivity index (χ1n) is 9.18. The second kappa shape index (κ2) is 11.2. The summed E-state index contributed by atoms with van der Waals surface area (Å²) in [6.07, 6.45) is 0. The van der Waals surface area contributed by atoms with Gasteiger partial charge in [-0.25, -0.2) is 0 Å². The van der Waals surface area contributed by atoms with Gasteiger partial charge in [-0.15, -0.1) is 0 Å². The number of alkyl halides is 2. The number of benzene rings is 2. The van der Waals surface area contributed by atoms with E-state index in [9.17, 15) is 13.6 Å². The quantitative estimate of drug-likeness (QED) is 0.617. The lowest BCUT2D eigenvalue weighted by atomic mass is 10.2. The number of rotatable bonds is 11. The van der Waals surface area contributed by atoms with Crippen LogP contribution in [0, 0.1) is 0 Å². The van der Waals surface area contributed by atoms with Gasteiger partial charge in [0, 0.05) is 13.1 Å². The summed E-state index contributed by atoms with van der Waals surface area (Å²) >= 11 is 0. The van der Waals surface area contributed by atoms with Gasteiger partial charge in [-0.2, -0.15) is 8.78 Å². The Morgan fingerprint density at radius 1 is 1.03 bits per heavy atom. The number of hydrogen-bond acceptors (Lipinski definition) is 5. The second-order valence-electron chi connectivity index (χ2n) is 6.29. The molecule has 8 heteroatoms. The van der Waals surface area contributed by atoms with E-state index in [1.807, 2.05) is 30.0 Å². The molecule has 0 fully saturated rings. The van der Waals surface area contributed by atoms with Gasteiger partial charge in [0.15, 0.2) is 11.5 Å². The summed E-state index contributed by atoms with van der Waals surface area (Å²) < 4.78 is 39.2. The van der Waals surface area contributed by atoms with Gasteiger partial charge in [0.05, 0.1) is 20.8 Å². The Hall–Kier alpha value is -2.87. The van der Waals surface area contributed by atoms with Crippen LogP contribution >= 0.6 is 0 Å². The van der Waals surface area contributed by atoms with E-state index in [4.69, 9.17) is 9.47 Å². The highest BCUT2D eigenvalue weighted by Gasteiger charge is 2.12. The van der Waals surface area contributed by atoms with Crippen molar-refractivity contribution in [3.8, 4) is 17.2 Å². The van der Waals surface area contributed by atoms with Crippen molar-refractivity contribution >= 4 is 5.91 Å². The molecular weight excluding hydrogens is 382 g/mol. The Bertz CT molecular complexity index is 785. The first-order chi connectivity index (χ1) is 13.9. The van der Waals surface area contributed by atoms with Crippen molar-refractivity contribution < 1.29 is 27.8 Å². The predicted octanol–water partition coefficient (Wildman–Crippen LogP) is 3.44. The highest BCUT2D eigenvalue weighted by Crippen LogP contribution is 2.28. The fourth-order valence-corrected chi connectivity index (χ4v) is 2.77. The number of carbonyl (C=O) groups excluding carboxylic acids is 1. The molecule has 1 N–H and O–H groups in total. The van der Waals surface area contributed by atoms with Gasteiger partial charge < -0.3 is 19.5 Å². The number of methoxy groups -OCH3 is 2. The molecule has 0 aliphatic heterocycles. The van der Waals surface area contributed by atoms with E-state index in [-0.39, 0.29) is 18.2 Å². The van der Waals surface area contributed by atoms with Crippen LogP contribution in [0.5, 0.6) is 17.2 Å². The summed E-state index contributed by atoms with van der Waals surface area (Å²) in [5.41, 5.74) is 1.80. The highest BCUT2D eigenvalue weighted by atomic mass is 19.3. The maximum absolute atomic E-state index is 12.3. The molecule has 2 aromatic rings. The van der Waals surface area contributed by atoms with Crippen LogP contribution in [0.2, 0.25) is 0 Å². The van der Waals surface area contributed by atoms with Crippen LogP contribution in [-0.2, 0) is 17.9 Å². The lowest BCUT2D eigenvalue weighted by molar-refractivity contribution is -0.122. The van der Waals surface area contributed by atoms with E-state index in [1.54, 1.807) is 26.4 Å². The number of nitrogens with one attached hydrogen (secondary N) is 1. The second-order valence-corrected chi connectivity index (χ2v) is 6.29. The van der Waals surface area contributed by atoms with Crippen LogP contribution in [0.15, 0.2) is 42.5 Å². The Balaban J connectivity index is 1.86. The first kappa shape index (κ1) is 22.4. The van der Waals surface area contributed by atoms with Crippen molar-refractivity contribution in [2.75, 3.05) is 27.3 Å². The number of likely N-dealkylation sites (N-methyl/N-ethyl adjacent to an activating group) is 1. The van der Waals surface area contributed by atoms with E-state index < -0.39 is 6.61 Å². The van der Waals surface area contributed by atoms with Crippen molar-refractivity contribution in [3.63, 3.8) is 0 Å². The zero-order chi connectivity index (χ0) is 21.2. The molecule has 0 heterocycles. The zero-order valence-corrected chi connectivity index (χ0v) is 16.8. The molecule has 2 rings (SSSR count). The van der Waals surface area contributed by atoms with Crippen molar-refractivity contribution in [2.45, 2.75) is 26.6 Å². The number of ether oxygens (including phenoxy) is 3. The first-order valence-corrected chi connectivity index (χ1v) is 9.18. The van der Waals surface area contributed by atoms with Gasteiger partial charge in [-0.3, -0.25) is 9.69 Å². The van der Waals surface area contributed by atoms with Crippen molar-refractivity contribution in [1.29, 1.82) is 0 Å². The molecule has 0 aliphatic carbocycles. The average molecular weight is 408 g/mol. The summed E-state index contributed by atoms with van der Waals surface area (Å²) in [4.78, 5) is 14.3. The van der Waals surface area contributed by atoms with E-state index in [0.717, 1.165) is 11.1 Å². The van der Waals surface area contributed by atoms with Gasteiger partial charge >= 0.3 is 6.61 Å². The van der Waals surface area contributed by atoms with E-state index in [2.05, 4.69) is 10.1 Å². The SMILES string of the molecule is CCN(CC(=O)NCc1ccc(OC(F)F)cc1)Cc1ccc(OC)c(OC)c1. The standard InChI is InChI=1S/C21H26F2N2O4/c1-4-25(13-16-7-10-18(27-2)19(11-16)28-3)14-20(26)24-12-15-5-8-17(9-6-15)29-21(22)23/h5-11,21H,4,12-14H2,1-3H3,(H,24,26). The molecule has 2 aromatic carbocycles. The number of carbonyl (C=O) groups is 1. The number of halogens is 2. The normalized spacial score (nSPS) is 10.9. The monoisotopic (exact) mass is 408 g/mol. The fourth-order valence-electron chi connectivity index (χ4n) is 2.77. The minimum atomic E-state index is -2.86. The Morgan fingerprint density at radius 2 is 1.69 bits per heavy atom. The van der Waals surface area contributed by atoms with Crippen LogP contribution < -0.4 is 19.5 Å². The van der Waals surface area contributed by atoms with Gasteiger partial charge in [0.25, 0.3) is 0 Å². The number of nitrogens with zero attached hydrogens (tertiary/aromatic N) is 1. The van der Waals surface area contributed by atoms with Gasteiger partial charge in [-0.1, -0.05) is 25.1 Å². The van der Waals surface area contributed by atoms with Crippen LogP contribution in [0.25, 0.3) is 0 Å². The maximum Gasteiger partial charge on any atom is 0.387 e. The van der Waals surface area contributed by atoms with E-state index >= 15 is 0 Å². The van der Waals surface area contributed by atoms with Crippen LogP contribution in [0.3, 0.4) is 0 Å². The summed E-state index contributed by atoms with van der Waals surface area (Å²) in [5, 5.41) is 2.84. The number of amides is 1. The summed E-state index contributed by atoms with van der Waals surface area (Å²) in [7, 11) is 3.17. The fraction of sp³-hybridized carbons (Fsp3) is 0.381. The Morgan fingerprint density at radius 3 is 2.28 bits per heavy atom. The molecule has 0 saturated carbocycles. The molecule has 0 aromatic heterocycles. The summed E-state index contributed by atoms with van der Waals surface area (Å²) in [6.45, 7) is 0.950. The molecule has 0 aliphatic rings. The predicted molar refractivity (Wildman–Crippen MR) is 105 cm³/mol. The van der Waals surface area contributed by atoms with Crippen molar-refractivity contribution in [1.82, 2.24) is 10.2 Å². The lowest BCUT2D eigenvalue weighted by Gasteiger charge is -2.20. The third-order valence-electron chi connectivity index (χ3n) is 4.31. The minimum absolute atomic E-state index is 0.0853. The molecule has 1 amide bonds. The topological polar surface area (TPSA) is 60.0 Å². The minimum Gasteiger partial charge on any atom is -0.493 e. The molecule has 0 spiro atoms. The maximum atomic E-state index is 12.3. The molecule has 158 valence electrons. The zero-order valence-electron chi connectivity index (χ0n) is 16.8.